The van der Waals surface area contributed by atoms with Crippen molar-refractivity contribution in [3.8, 4) is 23.3 Å². The van der Waals surface area contributed by atoms with Crippen LogP contribution in [0.15, 0.2) is 42.5 Å². The lowest BCUT2D eigenvalue weighted by Gasteiger charge is -2.34. The van der Waals surface area contributed by atoms with Crippen molar-refractivity contribution in [2.45, 2.75) is 6.42 Å². The average Bonchev–Trinajstić information content (AvgIpc) is 2.78. The minimum absolute atomic E-state index is 0.654. The molecule has 3 rings (SSSR count). The fraction of sp³-hybridized carbons (Fsp3) is 0.435. The van der Waals surface area contributed by atoms with Gasteiger partial charge in [0, 0.05) is 39.3 Å². The predicted molar refractivity (Wildman–Crippen MR) is 113 cm³/mol. The van der Waals surface area contributed by atoms with Crippen molar-refractivity contribution in [3.63, 3.8) is 0 Å². The van der Waals surface area contributed by atoms with Crippen LogP contribution in [0.1, 0.15) is 11.1 Å². The Hall–Kier alpha value is -2.75. The van der Waals surface area contributed by atoms with Gasteiger partial charge in [-0.1, -0.05) is 6.07 Å². The normalized spacial score (nSPS) is 14.9. The van der Waals surface area contributed by atoms with E-state index < -0.39 is 0 Å². The van der Waals surface area contributed by atoms with Gasteiger partial charge >= 0.3 is 0 Å². The van der Waals surface area contributed by atoms with Crippen LogP contribution in [0.25, 0.3) is 0 Å². The van der Waals surface area contributed by atoms with Crippen molar-refractivity contribution >= 4 is 0 Å². The first kappa shape index (κ1) is 21.0. The Morgan fingerprint density at radius 1 is 0.862 bits per heavy atom. The van der Waals surface area contributed by atoms with Gasteiger partial charge in [-0.25, -0.2) is 0 Å². The van der Waals surface area contributed by atoms with Crippen molar-refractivity contribution in [1.82, 2.24) is 9.80 Å². The van der Waals surface area contributed by atoms with Crippen molar-refractivity contribution in [2.24, 2.45) is 0 Å². The molecule has 0 amide bonds. The molecule has 0 spiro atoms. The molecule has 0 unspecified atom stereocenters. The van der Waals surface area contributed by atoms with E-state index in [0.717, 1.165) is 62.9 Å². The highest BCUT2D eigenvalue weighted by Crippen LogP contribution is 2.27. The van der Waals surface area contributed by atoms with Gasteiger partial charge in [0.15, 0.2) is 11.5 Å². The maximum atomic E-state index is 8.83. The first-order valence-electron chi connectivity index (χ1n) is 10.0. The number of hydrogen-bond donors (Lipinski definition) is 0. The molecule has 1 heterocycles. The molecule has 0 aliphatic carbocycles. The number of ether oxygens (including phenoxy) is 3. The van der Waals surface area contributed by atoms with Crippen LogP contribution in [0, 0.1) is 11.3 Å². The van der Waals surface area contributed by atoms with E-state index in [1.165, 1.54) is 5.56 Å². The molecule has 2 aromatic rings. The fourth-order valence-corrected chi connectivity index (χ4v) is 3.48. The van der Waals surface area contributed by atoms with E-state index in [2.05, 4.69) is 28.0 Å². The monoisotopic (exact) mass is 395 g/mol. The van der Waals surface area contributed by atoms with Crippen LogP contribution in [0.2, 0.25) is 0 Å². The van der Waals surface area contributed by atoms with Crippen LogP contribution in [0.3, 0.4) is 0 Å². The van der Waals surface area contributed by atoms with Gasteiger partial charge in [-0.2, -0.15) is 5.26 Å². The number of hydrogen-bond acceptors (Lipinski definition) is 6. The van der Waals surface area contributed by atoms with E-state index in [1.807, 2.05) is 18.2 Å². The highest BCUT2D eigenvalue weighted by molar-refractivity contribution is 5.43. The van der Waals surface area contributed by atoms with Crippen LogP contribution in [0.5, 0.6) is 17.2 Å². The highest BCUT2D eigenvalue weighted by Gasteiger charge is 2.16. The lowest BCUT2D eigenvalue weighted by molar-refractivity contribution is 0.118. The number of nitrogens with zero attached hydrogens (tertiary/aromatic N) is 3. The summed E-state index contributed by atoms with van der Waals surface area (Å²) in [5.41, 5.74) is 1.92. The maximum absolute atomic E-state index is 8.83. The molecule has 6 nitrogen and oxygen atoms in total. The lowest BCUT2D eigenvalue weighted by atomic mass is 10.1. The van der Waals surface area contributed by atoms with E-state index in [0.29, 0.717) is 12.2 Å². The molecular formula is C23H29N3O3. The molecule has 29 heavy (non-hydrogen) atoms. The molecule has 0 N–H and O–H groups in total. The summed E-state index contributed by atoms with van der Waals surface area (Å²) >= 11 is 0. The fourth-order valence-electron chi connectivity index (χ4n) is 3.48. The van der Waals surface area contributed by atoms with Crippen molar-refractivity contribution < 1.29 is 14.2 Å². The molecule has 6 heteroatoms. The average molecular weight is 396 g/mol. The van der Waals surface area contributed by atoms with Gasteiger partial charge in [-0.05, 0) is 48.4 Å². The molecule has 0 atom stereocenters. The zero-order chi connectivity index (χ0) is 20.5. The number of rotatable bonds is 9. The second-order valence-corrected chi connectivity index (χ2v) is 7.11. The minimum atomic E-state index is 0.654. The topological polar surface area (TPSA) is 58.0 Å². The third kappa shape index (κ3) is 6.11. The molecular weight excluding hydrogens is 366 g/mol. The lowest BCUT2D eigenvalue weighted by Crippen LogP contribution is -2.47. The van der Waals surface area contributed by atoms with E-state index in [9.17, 15) is 0 Å². The SMILES string of the molecule is COc1ccc(CCN2CCN(CCOc3ccc(C#N)cc3)CC2)cc1OC. The van der Waals surface area contributed by atoms with Crippen molar-refractivity contribution in [3.05, 3.63) is 53.6 Å². The van der Waals surface area contributed by atoms with E-state index in [1.54, 1.807) is 26.4 Å². The molecule has 2 aromatic carbocycles. The van der Waals surface area contributed by atoms with Crippen LogP contribution >= 0.6 is 0 Å². The summed E-state index contributed by atoms with van der Waals surface area (Å²) in [5, 5.41) is 8.83. The predicted octanol–water partition coefficient (Wildman–Crippen LogP) is 2.81. The number of benzene rings is 2. The second-order valence-electron chi connectivity index (χ2n) is 7.11. The molecule has 1 aliphatic heterocycles. The summed E-state index contributed by atoms with van der Waals surface area (Å²) in [5.74, 6) is 2.38. The minimum Gasteiger partial charge on any atom is -0.493 e. The van der Waals surface area contributed by atoms with Crippen molar-refractivity contribution in [2.75, 3.05) is 60.1 Å². The largest absolute Gasteiger partial charge is 0.493 e. The van der Waals surface area contributed by atoms with Crippen molar-refractivity contribution in [1.29, 1.82) is 5.26 Å². The third-order valence-electron chi connectivity index (χ3n) is 5.29. The Balaban J connectivity index is 1.35. The van der Waals surface area contributed by atoms with E-state index in [4.69, 9.17) is 19.5 Å². The summed E-state index contributed by atoms with van der Waals surface area (Å²) in [6.45, 7) is 6.89. The summed E-state index contributed by atoms with van der Waals surface area (Å²) in [7, 11) is 3.33. The van der Waals surface area contributed by atoms with Gasteiger partial charge < -0.3 is 19.1 Å². The Kier molecular flexibility index (Phi) is 7.74. The molecule has 0 bridgehead atoms. The molecule has 0 radical (unpaired) electrons. The quantitative estimate of drug-likeness (QED) is 0.651. The maximum Gasteiger partial charge on any atom is 0.160 e. The van der Waals surface area contributed by atoms with Gasteiger partial charge in [-0.3, -0.25) is 4.90 Å². The summed E-state index contributed by atoms with van der Waals surface area (Å²) in [6, 6.07) is 15.5. The molecule has 154 valence electrons. The molecule has 1 saturated heterocycles. The van der Waals surface area contributed by atoms with Gasteiger partial charge in [0.05, 0.1) is 25.9 Å². The summed E-state index contributed by atoms with van der Waals surface area (Å²) < 4.78 is 16.5. The van der Waals surface area contributed by atoms with Crippen LogP contribution in [-0.2, 0) is 6.42 Å². The van der Waals surface area contributed by atoms with E-state index in [-0.39, 0.29) is 0 Å². The standard InChI is InChI=1S/C23H29N3O3/c1-27-22-8-5-19(17-23(22)28-2)9-10-25-11-13-26(14-12-25)15-16-29-21-6-3-20(18-24)4-7-21/h3-8,17H,9-16H2,1-2H3. The van der Waals surface area contributed by atoms with Gasteiger partial charge in [0.1, 0.15) is 12.4 Å². The van der Waals surface area contributed by atoms with Crippen LogP contribution in [-0.4, -0.2) is 69.9 Å². The third-order valence-corrected chi connectivity index (χ3v) is 5.29. The Labute approximate surface area is 173 Å². The van der Waals surface area contributed by atoms with Crippen LogP contribution < -0.4 is 14.2 Å². The zero-order valence-corrected chi connectivity index (χ0v) is 17.3. The van der Waals surface area contributed by atoms with Gasteiger partial charge in [0.2, 0.25) is 0 Å². The Morgan fingerprint density at radius 3 is 2.14 bits per heavy atom. The molecule has 0 saturated carbocycles. The summed E-state index contributed by atoms with van der Waals surface area (Å²) in [6.07, 6.45) is 1.00. The first-order chi connectivity index (χ1) is 14.2. The van der Waals surface area contributed by atoms with Crippen LogP contribution in [0.4, 0.5) is 0 Å². The smallest absolute Gasteiger partial charge is 0.160 e. The number of methoxy groups -OCH3 is 2. The number of piperazine rings is 1. The zero-order valence-electron chi connectivity index (χ0n) is 17.3. The number of nitriles is 1. The molecule has 1 fully saturated rings. The Morgan fingerprint density at radius 2 is 1.52 bits per heavy atom. The van der Waals surface area contributed by atoms with Gasteiger partial charge in [0.25, 0.3) is 0 Å². The first-order valence-corrected chi connectivity index (χ1v) is 10.0. The Bertz CT molecular complexity index is 809. The van der Waals surface area contributed by atoms with E-state index >= 15 is 0 Å². The van der Waals surface area contributed by atoms with Gasteiger partial charge in [-0.15, -0.1) is 0 Å². The second kappa shape index (κ2) is 10.7. The highest BCUT2D eigenvalue weighted by atomic mass is 16.5. The molecule has 0 aromatic heterocycles. The molecule has 1 aliphatic rings. The summed E-state index contributed by atoms with van der Waals surface area (Å²) in [4.78, 5) is 4.95.